The molecule has 0 saturated carbocycles. The molecule has 0 amide bonds. The topological polar surface area (TPSA) is 160 Å². The Hall–Kier alpha value is -5.36. The molecule has 5 aromatic heterocycles. The smallest absolute Gasteiger partial charge is 0.273 e. The zero-order valence-corrected chi connectivity index (χ0v) is 20.7. The zero-order valence-electron chi connectivity index (χ0n) is 20.7. The molecule has 0 aliphatic rings. The standard InChI is InChI=1S/C27H23N9O3/c1-36-24-17(25(38)35-36)10-11-22(32-24)31-23-13-20(30-21(15-37)16-7-3-2-4-8-16)18(14-29-23)26-33-34-27(39-26)19-9-5-6-12-28-19/h2-14,21,37H,15H2,1H3,(H,35,38)(H2,29,30,31,32)/t21-/m1/s1. The summed E-state index contributed by atoms with van der Waals surface area (Å²) in [7, 11) is 1.72. The fourth-order valence-electron chi connectivity index (χ4n) is 4.19. The molecule has 6 rings (SSSR count). The Balaban J connectivity index is 1.38. The predicted octanol–water partition coefficient (Wildman–Crippen LogP) is 3.66. The van der Waals surface area contributed by atoms with Gasteiger partial charge in [-0.3, -0.25) is 19.6 Å². The molecule has 6 aromatic rings. The number of anilines is 3. The zero-order chi connectivity index (χ0) is 26.8. The van der Waals surface area contributed by atoms with Gasteiger partial charge in [0, 0.05) is 25.5 Å². The van der Waals surface area contributed by atoms with Crippen molar-refractivity contribution < 1.29 is 9.52 Å². The third-order valence-electron chi connectivity index (χ3n) is 6.12. The third-order valence-corrected chi connectivity index (χ3v) is 6.12. The molecule has 194 valence electrons. The Morgan fingerprint density at radius 3 is 2.62 bits per heavy atom. The molecule has 12 nitrogen and oxygen atoms in total. The van der Waals surface area contributed by atoms with Gasteiger partial charge < -0.3 is 20.2 Å². The van der Waals surface area contributed by atoms with Crippen LogP contribution in [0, 0.1) is 0 Å². The highest BCUT2D eigenvalue weighted by atomic mass is 16.4. The second kappa shape index (κ2) is 10.2. The van der Waals surface area contributed by atoms with Gasteiger partial charge in [-0.25, -0.2) is 9.97 Å². The fourth-order valence-corrected chi connectivity index (χ4v) is 4.19. The number of aryl methyl sites for hydroxylation is 1. The Kier molecular flexibility index (Phi) is 6.27. The van der Waals surface area contributed by atoms with E-state index < -0.39 is 6.04 Å². The van der Waals surface area contributed by atoms with E-state index in [0.717, 1.165) is 5.56 Å². The van der Waals surface area contributed by atoms with Gasteiger partial charge in [-0.2, -0.15) is 0 Å². The molecule has 12 heteroatoms. The highest BCUT2D eigenvalue weighted by Crippen LogP contribution is 2.33. The third kappa shape index (κ3) is 4.83. The molecular formula is C27H23N9O3. The summed E-state index contributed by atoms with van der Waals surface area (Å²) in [6.45, 7) is -0.155. The lowest BCUT2D eigenvalue weighted by Gasteiger charge is -2.20. The summed E-state index contributed by atoms with van der Waals surface area (Å²) >= 11 is 0. The lowest BCUT2D eigenvalue weighted by atomic mass is 10.1. The first-order chi connectivity index (χ1) is 19.1. The quantitative estimate of drug-likeness (QED) is 0.233. The van der Waals surface area contributed by atoms with Crippen LogP contribution in [-0.4, -0.2) is 46.6 Å². The van der Waals surface area contributed by atoms with E-state index in [9.17, 15) is 9.90 Å². The maximum atomic E-state index is 12.0. The Morgan fingerprint density at radius 2 is 1.82 bits per heavy atom. The first-order valence-electron chi connectivity index (χ1n) is 12.1. The number of aliphatic hydroxyl groups excluding tert-OH is 1. The van der Waals surface area contributed by atoms with Crippen molar-refractivity contribution in [2.45, 2.75) is 6.04 Å². The van der Waals surface area contributed by atoms with E-state index in [0.29, 0.717) is 39.6 Å². The van der Waals surface area contributed by atoms with Crippen LogP contribution in [0.4, 0.5) is 17.3 Å². The van der Waals surface area contributed by atoms with Crippen LogP contribution in [0.15, 0.2) is 88.3 Å². The summed E-state index contributed by atoms with van der Waals surface area (Å²) in [6.07, 6.45) is 3.25. The normalized spacial score (nSPS) is 11.9. The van der Waals surface area contributed by atoms with Crippen LogP contribution in [0.25, 0.3) is 34.1 Å². The summed E-state index contributed by atoms with van der Waals surface area (Å²) in [6, 6.07) is 19.8. The van der Waals surface area contributed by atoms with Crippen LogP contribution in [0.2, 0.25) is 0 Å². The Morgan fingerprint density at radius 1 is 1.00 bits per heavy atom. The van der Waals surface area contributed by atoms with Gasteiger partial charge >= 0.3 is 0 Å². The Bertz CT molecular complexity index is 1800. The maximum Gasteiger partial charge on any atom is 0.273 e. The second-order valence-electron chi connectivity index (χ2n) is 8.73. The molecule has 4 N–H and O–H groups in total. The molecule has 39 heavy (non-hydrogen) atoms. The highest BCUT2D eigenvalue weighted by Gasteiger charge is 2.19. The van der Waals surface area contributed by atoms with Crippen molar-refractivity contribution >= 4 is 28.4 Å². The minimum atomic E-state index is -0.415. The van der Waals surface area contributed by atoms with E-state index in [-0.39, 0.29) is 23.9 Å². The summed E-state index contributed by atoms with van der Waals surface area (Å²) in [5, 5.41) is 28.3. The highest BCUT2D eigenvalue weighted by molar-refractivity contribution is 5.79. The number of H-pyrrole nitrogens is 1. The number of rotatable bonds is 8. The van der Waals surface area contributed by atoms with E-state index in [1.54, 1.807) is 54.5 Å². The number of nitrogens with one attached hydrogen (secondary N) is 3. The largest absolute Gasteiger partial charge is 0.414 e. The van der Waals surface area contributed by atoms with Crippen molar-refractivity contribution in [1.82, 2.24) is 34.9 Å². The number of fused-ring (bicyclic) bond motifs is 1. The SMILES string of the molecule is Cn1[nH]c(=O)c2ccc(Nc3cc(N[C@H](CO)c4ccccc4)c(-c4nnc(-c5ccccn5)o4)cn3)nc21. The van der Waals surface area contributed by atoms with Crippen molar-refractivity contribution in [3.8, 4) is 23.0 Å². The van der Waals surface area contributed by atoms with Crippen molar-refractivity contribution in [2.24, 2.45) is 7.05 Å². The van der Waals surface area contributed by atoms with Gasteiger partial charge in [0.2, 0.25) is 0 Å². The molecule has 0 bridgehead atoms. The van der Waals surface area contributed by atoms with E-state index in [2.05, 4.69) is 40.9 Å². The van der Waals surface area contributed by atoms with Crippen molar-refractivity contribution in [3.05, 3.63) is 95.0 Å². The van der Waals surface area contributed by atoms with Crippen LogP contribution in [0.5, 0.6) is 0 Å². The molecule has 5 heterocycles. The summed E-state index contributed by atoms with van der Waals surface area (Å²) in [4.78, 5) is 25.4. The van der Waals surface area contributed by atoms with Crippen LogP contribution >= 0.6 is 0 Å². The van der Waals surface area contributed by atoms with Crippen LogP contribution in [-0.2, 0) is 7.05 Å². The number of hydrogen-bond acceptors (Lipinski definition) is 10. The molecule has 0 unspecified atom stereocenters. The number of nitrogens with zero attached hydrogens (tertiary/aromatic N) is 6. The van der Waals surface area contributed by atoms with Crippen molar-refractivity contribution in [3.63, 3.8) is 0 Å². The molecule has 1 aromatic carbocycles. The molecular weight excluding hydrogens is 498 g/mol. The maximum absolute atomic E-state index is 12.0. The van der Waals surface area contributed by atoms with Gasteiger partial charge in [0.05, 0.1) is 29.3 Å². The van der Waals surface area contributed by atoms with Gasteiger partial charge in [-0.1, -0.05) is 36.4 Å². The molecule has 0 radical (unpaired) electrons. The summed E-state index contributed by atoms with van der Waals surface area (Å²) in [5.41, 5.74) is 2.90. The minimum absolute atomic E-state index is 0.155. The molecule has 0 fully saturated rings. The fraction of sp³-hybridized carbons (Fsp3) is 0.111. The second-order valence-corrected chi connectivity index (χ2v) is 8.73. The van der Waals surface area contributed by atoms with Gasteiger partial charge in [-0.15, -0.1) is 10.2 Å². The molecule has 0 aliphatic heterocycles. The summed E-state index contributed by atoms with van der Waals surface area (Å²) < 4.78 is 7.51. The van der Waals surface area contributed by atoms with E-state index in [1.165, 1.54) is 0 Å². The first kappa shape index (κ1) is 24.0. The molecule has 0 spiro atoms. The lowest BCUT2D eigenvalue weighted by molar-refractivity contribution is 0.276. The van der Waals surface area contributed by atoms with Crippen molar-refractivity contribution in [1.29, 1.82) is 0 Å². The number of pyridine rings is 3. The van der Waals surface area contributed by atoms with E-state index in [4.69, 9.17) is 4.42 Å². The van der Waals surface area contributed by atoms with Crippen LogP contribution in [0.1, 0.15) is 11.6 Å². The number of benzene rings is 1. The van der Waals surface area contributed by atoms with E-state index >= 15 is 0 Å². The number of hydrogen-bond donors (Lipinski definition) is 4. The van der Waals surface area contributed by atoms with Gasteiger partial charge in [0.25, 0.3) is 17.3 Å². The lowest BCUT2D eigenvalue weighted by Crippen LogP contribution is -2.15. The monoisotopic (exact) mass is 521 g/mol. The average Bonchev–Trinajstić information content (AvgIpc) is 3.57. The average molecular weight is 522 g/mol. The number of aromatic nitrogens is 7. The number of aromatic amines is 1. The Labute approximate surface area is 221 Å². The van der Waals surface area contributed by atoms with Gasteiger partial charge in [0.15, 0.2) is 5.65 Å². The molecule has 0 aliphatic carbocycles. The molecule has 0 saturated heterocycles. The van der Waals surface area contributed by atoms with E-state index in [1.807, 2.05) is 36.4 Å². The first-order valence-corrected chi connectivity index (χ1v) is 12.1. The van der Waals surface area contributed by atoms with Gasteiger partial charge in [0.1, 0.15) is 17.3 Å². The van der Waals surface area contributed by atoms with Gasteiger partial charge in [-0.05, 0) is 29.8 Å². The predicted molar refractivity (Wildman–Crippen MR) is 145 cm³/mol. The van der Waals surface area contributed by atoms with Crippen molar-refractivity contribution in [2.75, 3.05) is 17.2 Å². The minimum Gasteiger partial charge on any atom is -0.414 e. The number of aliphatic hydroxyl groups is 1. The summed E-state index contributed by atoms with van der Waals surface area (Å²) in [5.74, 6) is 1.49. The van der Waals surface area contributed by atoms with Crippen LogP contribution < -0.4 is 16.2 Å². The van der Waals surface area contributed by atoms with Crippen LogP contribution in [0.3, 0.4) is 0 Å². The molecule has 1 atom stereocenters.